The SMILES string of the molecule is NCCCCCOc1ccc2c(c1)CCCC2. The van der Waals surface area contributed by atoms with Gasteiger partial charge < -0.3 is 10.5 Å². The Morgan fingerprint density at radius 3 is 2.65 bits per heavy atom. The highest BCUT2D eigenvalue weighted by Crippen LogP contribution is 2.25. The van der Waals surface area contributed by atoms with Crippen LogP contribution in [0, 0.1) is 0 Å². The minimum Gasteiger partial charge on any atom is -0.494 e. The van der Waals surface area contributed by atoms with Gasteiger partial charge in [0, 0.05) is 0 Å². The molecule has 0 spiro atoms. The molecule has 1 aliphatic rings. The number of hydrogen-bond donors (Lipinski definition) is 1. The molecule has 0 saturated carbocycles. The number of aryl methyl sites for hydroxylation is 2. The standard InChI is InChI=1S/C15H23NO/c16-10-4-1-5-11-17-15-9-8-13-6-2-3-7-14(13)12-15/h8-9,12H,1-7,10-11,16H2. The third kappa shape index (κ3) is 3.74. The van der Waals surface area contributed by atoms with Gasteiger partial charge in [0.1, 0.15) is 5.75 Å². The van der Waals surface area contributed by atoms with Gasteiger partial charge in [0.05, 0.1) is 6.61 Å². The smallest absolute Gasteiger partial charge is 0.119 e. The first-order valence-electron chi connectivity index (χ1n) is 6.85. The molecular formula is C15H23NO. The van der Waals surface area contributed by atoms with E-state index in [1.54, 1.807) is 0 Å². The first-order chi connectivity index (χ1) is 8.40. The van der Waals surface area contributed by atoms with Crippen molar-refractivity contribution in [3.05, 3.63) is 29.3 Å². The molecule has 0 amide bonds. The van der Waals surface area contributed by atoms with E-state index in [9.17, 15) is 0 Å². The van der Waals surface area contributed by atoms with Gasteiger partial charge in [-0.3, -0.25) is 0 Å². The van der Waals surface area contributed by atoms with Crippen molar-refractivity contribution in [1.82, 2.24) is 0 Å². The highest BCUT2D eigenvalue weighted by Gasteiger charge is 2.09. The summed E-state index contributed by atoms with van der Waals surface area (Å²) in [6, 6.07) is 6.59. The zero-order valence-electron chi connectivity index (χ0n) is 10.6. The van der Waals surface area contributed by atoms with Gasteiger partial charge in [-0.1, -0.05) is 6.07 Å². The van der Waals surface area contributed by atoms with Gasteiger partial charge in [-0.15, -0.1) is 0 Å². The van der Waals surface area contributed by atoms with Crippen LogP contribution in [0.4, 0.5) is 0 Å². The van der Waals surface area contributed by atoms with Crippen LogP contribution in [0.1, 0.15) is 43.2 Å². The summed E-state index contributed by atoms with van der Waals surface area (Å²) >= 11 is 0. The predicted molar refractivity (Wildman–Crippen MR) is 71.5 cm³/mol. The Hall–Kier alpha value is -1.02. The van der Waals surface area contributed by atoms with E-state index in [0.29, 0.717) is 0 Å². The van der Waals surface area contributed by atoms with Crippen LogP contribution in [0.25, 0.3) is 0 Å². The molecule has 0 fully saturated rings. The monoisotopic (exact) mass is 233 g/mol. The zero-order valence-corrected chi connectivity index (χ0v) is 10.6. The quantitative estimate of drug-likeness (QED) is 0.766. The summed E-state index contributed by atoms with van der Waals surface area (Å²) in [6.07, 6.45) is 8.51. The number of rotatable bonds is 6. The molecule has 0 bridgehead atoms. The summed E-state index contributed by atoms with van der Waals surface area (Å²) in [5.74, 6) is 1.04. The lowest BCUT2D eigenvalue weighted by atomic mass is 9.92. The molecule has 2 N–H and O–H groups in total. The molecule has 0 saturated heterocycles. The van der Waals surface area contributed by atoms with Crippen LogP contribution in [0.15, 0.2) is 18.2 Å². The molecule has 0 radical (unpaired) electrons. The van der Waals surface area contributed by atoms with Crippen LogP contribution < -0.4 is 10.5 Å². The second-order valence-corrected chi connectivity index (χ2v) is 4.84. The van der Waals surface area contributed by atoms with Crippen molar-refractivity contribution in [2.75, 3.05) is 13.2 Å². The molecule has 0 aliphatic heterocycles. The lowest BCUT2D eigenvalue weighted by Crippen LogP contribution is -2.04. The highest BCUT2D eigenvalue weighted by atomic mass is 16.5. The van der Waals surface area contributed by atoms with Crippen LogP contribution >= 0.6 is 0 Å². The fourth-order valence-electron chi connectivity index (χ4n) is 2.41. The molecule has 0 unspecified atom stereocenters. The number of benzene rings is 1. The maximum Gasteiger partial charge on any atom is 0.119 e. The maximum absolute atomic E-state index is 5.78. The van der Waals surface area contributed by atoms with Crippen molar-refractivity contribution in [3.8, 4) is 5.75 Å². The van der Waals surface area contributed by atoms with Gasteiger partial charge in [0.15, 0.2) is 0 Å². The number of unbranched alkanes of at least 4 members (excludes halogenated alkanes) is 2. The Balaban J connectivity index is 1.81. The summed E-state index contributed by atoms with van der Waals surface area (Å²) in [5.41, 5.74) is 8.47. The Morgan fingerprint density at radius 2 is 1.82 bits per heavy atom. The molecule has 2 nitrogen and oxygen atoms in total. The second kappa shape index (κ2) is 6.65. The minimum absolute atomic E-state index is 0.791. The Morgan fingerprint density at radius 1 is 1.00 bits per heavy atom. The summed E-state index contributed by atoms with van der Waals surface area (Å²) in [6.45, 7) is 1.61. The Kier molecular flexibility index (Phi) is 4.87. The normalized spacial score (nSPS) is 14.4. The average Bonchev–Trinajstić information content (AvgIpc) is 2.38. The third-order valence-corrected chi connectivity index (χ3v) is 3.44. The first kappa shape index (κ1) is 12.4. The maximum atomic E-state index is 5.78. The van der Waals surface area contributed by atoms with E-state index in [1.807, 2.05) is 0 Å². The average molecular weight is 233 g/mol. The van der Waals surface area contributed by atoms with Gasteiger partial charge in [0.2, 0.25) is 0 Å². The zero-order chi connectivity index (χ0) is 11.9. The molecule has 1 aromatic carbocycles. The predicted octanol–water partition coefficient (Wildman–Crippen LogP) is 3.07. The fourth-order valence-corrected chi connectivity index (χ4v) is 2.41. The van der Waals surface area contributed by atoms with Gasteiger partial charge in [-0.25, -0.2) is 0 Å². The summed E-state index contributed by atoms with van der Waals surface area (Å²) in [7, 11) is 0. The second-order valence-electron chi connectivity index (χ2n) is 4.84. The van der Waals surface area contributed by atoms with E-state index in [0.717, 1.165) is 31.7 Å². The highest BCUT2D eigenvalue weighted by molar-refractivity contribution is 5.37. The summed E-state index contributed by atoms with van der Waals surface area (Å²) in [5, 5.41) is 0. The molecule has 1 aromatic rings. The van der Waals surface area contributed by atoms with Crippen molar-refractivity contribution < 1.29 is 4.74 Å². The molecule has 1 aliphatic carbocycles. The third-order valence-electron chi connectivity index (χ3n) is 3.44. The van der Waals surface area contributed by atoms with Gasteiger partial charge in [0.25, 0.3) is 0 Å². The molecule has 0 heterocycles. The van der Waals surface area contributed by atoms with Gasteiger partial charge >= 0.3 is 0 Å². The van der Waals surface area contributed by atoms with E-state index in [-0.39, 0.29) is 0 Å². The molecule has 94 valence electrons. The first-order valence-corrected chi connectivity index (χ1v) is 6.85. The molecular weight excluding hydrogens is 210 g/mol. The fraction of sp³-hybridized carbons (Fsp3) is 0.600. The van der Waals surface area contributed by atoms with E-state index in [2.05, 4.69) is 18.2 Å². The van der Waals surface area contributed by atoms with Crippen LogP contribution in [0.2, 0.25) is 0 Å². The number of ether oxygens (including phenoxy) is 1. The Bertz CT molecular complexity index is 349. The Labute approximate surface area is 104 Å². The lowest BCUT2D eigenvalue weighted by Gasteiger charge is -2.16. The van der Waals surface area contributed by atoms with Crippen LogP contribution in [-0.2, 0) is 12.8 Å². The molecule has 0 atom stereocenters. The molecule has 2 heteroatoms. The summed E-state index contributed by atoms with van der Waals surface area (Å²) < 4.78 is 5.78. The molecule has 0 aromatic heterocycles. The number of fused-ring (bicyclic) bond motifs is 1. The van der Waals surface area contributed by atoms with Crippen molar-refractivity contribution in [3.63, 3.8) is 0 Å². The lowest BCUT2D eigenvalue weighted by molar-refractivity contribution is 0.305. The van der Waals surface area contributed by atoms with Crippen molar-refractivity contribution >= 4 is 0 Å². The molecule has 2 rings (SSSR count). The van der Waals surface area contributed by atoms with E-state index in [4.69, 9.17) is 10.5 Å². The van der Waals surface area contributed by atoms with Crippen LogP contribution in [-0.4, -0.2) is 13.2 Å². The number of nitrogens with two attached hydrogens (primary N) is 1. The van der Waals surface area contributed by atoms with Crippen molar-refractivity contribution in [2.24, 2.45) is 5.73 Å². The van der Waals surface area contributed by atoms with E-state index < -0.39 is 0 Å². The largest absolute Gasteiger partial charge is 0.494 e. The van der Waals surface area contributed by atoms with E-state index >= 15 is 0 Å². The number of hydrogen-bond acceptors (Lipinski definition) is 2. The van der Waals surface area contributed by atoms with Crippen molar-refractivity contribution in [2.45, 2.75) is 44.9 Å². The van der Waals surface area contributed by atoms with Crippen molar-refractivity contribution in [1.29, 1.82) is 0 Å². The minimum atomic E-state index is 0.791. The van der Waals surface area contributed by atoms with Gasteiger partial charge in [-0.05, 0) is 74.8 Å². The van der Waals surface area contributed by atoms with Crippen LogP contribution in [0.3, 0.4) is 0 Å². The molecule has 17 heavy (non-hydrogen) atoms. The van der Waals surface area contributed by atoms with E-state index in [1.165, 1.54) is 43.2 Å². The van der Waals surface area contributed by atoms with Crippen LogP contribution in [0.5, 0.6) is 5.75 Å². The topological polar surface area (TPSA) is 35.2 Å². The van der Waals surface area contributed by atoms with Gasteiger partial charge in [-0.2, -0.15) is 0 Å². The summed E-state index contributed by atoms with van der Waals surface area (Å²) in [4.78, 5) is 0.